The van der Waals surface area contributed by atoms with Crippen molar-refractivity contribution in [2.75, 3.05) is 38.8 Å². The highest BCUT2D eigenvalue weighted by atomic mass is 32.2. The topological polar surface area (TPSA) is 164 Å². The first-order valence-electron chi connectivity index (χ1n) is 12.0. The number of nitrogens with two attached hydrogens (primary N) is 1. The van der Waals surface area contributed by atoms with E-state index in [-0.39, 0.29) is 29.9 Å². The van der Waals surface area contributed by atoms with Gasteiger partial charge in [-0.25, -0.2) is 4.79 Å². The van der Waals surface area contributed by atoms with Gasteiger partial charge in [0.25, 0.3) is 0 Å². The second-order valence-electron chi connectivity index (χ2n) is 9.15. The Labute approximate surface area is 215 Å². The summed E-state index contributed by atoms with van der Waals surface area (Å²) in [5.41, 5.74) is 5.43. The molecule has 2 fully saturated rings. The minimum atomic E-state index is -1.51. The normalized spacial score (nSPS) is 30.5. The van der Waals surface area contributed by atoms with E-state index < -0.39 is 48.0 Å². The molecule has 2 aliphatic rings. The minimum Gasteiger partial charge on any atom is -0.461 e. The van der Waals surface area contributed by atoms with E-state index in [1.165, 1.54) is 7.11 Å². The van der Waals surface area contributed by atoms with Crippen molar-refractivity contribution in [2.24, 2.45) is 0 Å². The summed E-state index contributed by atoms with van der Waals surface area (Å²) < 4.78 is 16.7. The number of para-hydroxylation sites is 1. The fraction of sp³-hybridized carbons (Fsp3) is 0.667. The third-order valence-electron chi connectivity index (χ3n) is 6.75. The van der Waals surface area contributed by atoms with Gasteiger partial charge in [0.1, 0.15) is 36.5 Å². The molecule has 2 aliphatic heterocycles. The Kier molecular flexibility index (Phi) is 10.4. The van der Waals surface area contributed by atoms with Crippen LogP contribution in [-0.4, -0.2) is 113 Å². The van der Waals surface area contributed by atoms with Gasteiger partial charge >= 0.3 is 5.97 Å². The highest BCUT2D eigenvalue weighted by Gasteiger charge is 2.49. The van der Waals surface area contributed by atoms with Crippen LogP contribution in [0.25, 0.3) is 0 Å². The lowest BCUT2D eigenvalue weighted by molar-refractivity contribution is -0.212. The average Bonchev–Trinajstić information content (AvgIpc) is 3.30. The Morgan fingerprint density at radius 3 is 2.61 bits per heavy atom. The van der Waals surface area contributed by atoms with E-state index in [0.29, 0.717) is 5.69 Å². The number of likely N-dealkylation sites (N-methyl/N-ethyl adjacent to an activating group) is 1. The first-order chi connectivity index (χ1) is 17.1. The fourth-order valence-electron chi connectivity index (χ4n) is 4.48. The highest BCUT2D eigenvalue weighted by Crippen LogP contribution is 2.31. The van der Waals surface area contributed by atoms with E-state index >= 15 is 0 Å². The number of carbonyl (C=O) groups is 2. The monoisotopic (exact) mass is 527 g/mol. The molecule has 0 aromatic heterocycles. The predicted molar refractivity (Wildman–Crippen MR) is 134 cm³/mol. The zero-order valence-electron chi connectivity index (χ0n) is 20.8. The number of aliphatic hydroxyl groups is 3. The number of rotatable bonds is 10. The molecule has 6 N–H and O–H groups in total. The second kappa shape index (κ2) is 13.0. The molecular formula is C24H37N3O8S. The number of amides is 1. The number of thioether (sulfide) groups is 1. The summed E-state index contributed by atoms with van der Waals surface area (Å²) in [6.07, 6.45) is -4.32. The number of carbonyl (C=O) groups excluding carboxylic acids is 2. The van der Waals surface area contributed by atoms with Crippen LogP contribution in [0, 0.1) is 0 Å². The molecule has 1 amide bonds. The highest BCUT2D eigenvalue weighted by molar-refractivity contribution is 7.99. The molecule has 8 atom stereocenters. The Bertz CT molecular complexity index is 893. The van der Waals surface area contributed by atoms with Gasteiger partial charge in [0.15, 0.2) is 0 Å². The molecule has 2 heterocycles. The lowest BCUT2D eigenvalue weighted by Crippen LogP contribution is -2.66. The van der Waals surface area contributed by atoms with E-state index in [4.69, 9.17) is 19.9 Å². The van der Waals surface area contributed by atoms with Crippen LogP contribution in [0.2, 0.25) is 0 Å². The van der Waals surface area contributed by atoms with Crippen LogP contribution in [-0.2, 0) is 19.0 Å². The summed E-state index contributed by atoms with van der Waals surface area (Å²) in [5, 5.41) is 34.7. The Hall–Kier alpha value is -1.93. The number of aliphatic hydroxyl groups excluding tert-OH is 3. The van der Waals surface area contributed by atoms with Crippen LogP contribution in [0.3, 0.4) is 0 Å². The Balaban J connectivity index is 1.62. The van der Waals surface area contributed by atoms with Crippen LogP contribution in [0.1, 0.15) is 30.1 Å². The van der Waals surface area contributed by atoms with Crippen molar-refractivity contribution in [3.05, 3.63) is 29.8 Å². The largest absolute Gasteiger partial charge is 0.461 e. The van der Waals surface area contributed by atoms with Gasteiger partial charge in [-0.05, 0) is 45.5 Å². The molecule has 11 nitrogen and oxygen atoms in total. The van der Waals surface area contributed by atoms with E-state index in [0.717, 1.165) is 31.1 Å². The SMILES string of the molecule is CO[C@H](C)[C@@H](NC(=O)[C@@H]1CCCN1C)[C@H]1O[C@H](SCCOC(=O)c2ccccc2N)[C@H](O)[C@@H](O)[C@H]1O. The number of hydrogen-bond acceptors (Lipinski definition) is 11. The number of anilines is 1. The van der Waals surface area contributed by atoms with Gasteiger partial charge in [0.05, 0.1) is 23.8 Å². The number of nitrogen functional groups attached to an aromatic ring is 1. The van der Waals surface area contributed by atoms with Gasteiger partial charge in [-0.1, -0.05) is 12.1 Å². The van der Waals surface area contributed by atoms with Crippen LogP contribution in [0.15, 0.2) is 24.3 Å². The standard InChI is InChI=1S/C24H37N3O8S/c1-13(33-3)17(26-22(31)16-9-6-10-27(16)2)21-19(29)18(28)20(30)24(35-21)36-12-11-34-23(32)14-7-4-5-8-15(14)25/h4-5,7-8,13,16-21,24,28-30H,6,9-12,25H2,1-3H3,(H,26,31)/t13-,16+,17-,18+,19-,20-,21-,24-/m1/s1. The van der Waals surface area contributed by atoms with Crippen molar-refractivity contribution >= 4 is 29.3 Å². The molecule has 1 aromatic rings. The smallest absolute Gasteiger partial charge is 0.340 e. The van der Waals surface area contributed by atoms with Gasteiger partial charge in [-0.2, -0.15) is 0 Å². The van der Waals surface area contributed by atoms with Crippen molar-refractivity contribution in [1.82, 2.24) is 10.2 Å². The maximum Gasteiger partial charge on any atom is 0.340 e. The zero-order valence-corrected chi connectivity index (χ0v) is 21.6. The number of ether oxygens (including phenoxy) is 3. The number of esters is 1. The van der Waals surface area contributed by atoms with Crippen molar-refractivity contribution in [2.45, 2.75) is 67.8 Å². The first kappa shape index (κ1) is 28.6. The number of nitrogens with one attached hydrogen (secondary N) is 1. The molecule has 0 radical (unpaired) electrons. The van der Waals surface area contributed by atoms with Crippen LogP contribution in [0.4, 0.5) is 5.69 Å². The molecule has 2 saturated heterocycles. The molecule has 0 saturated carbocycles. The van der Waals surface area contributed by atoms with E-state index in [2.05, 4.69) is 5.32 Å². The van der Waals surface area contributed by atoms with Crippen molar-refractivity contribution < 1.29 is 39.1 Å². The summed E-state index contributed by atoms with van der Waals surface area (Å²) in [7, 11) is 3.36. The van der Waals surface area contributed by atoms with E-state index in [9.17, 15) is 24.9 Å². The second-order valence-corrected chi connectivity index (χ2v) is 10.4. The van der Waals surface area contributed by atoms with Crippen LogP contribution >= 0.6 is 11.8 Å². The molecule has 0 unspecified atom stereocenters. The summed E-state index contributed by atoms with van der Waals surface area (Å²) in [6, 6.07) is 5.48. The average molecular weight is 528 g/mol. The number of benzene rings is 1. The van der Waals surface area contributed by atoms with Gasteiger partial charge < -0.3 is 40.6 Å². The van der Waals surface area contributed by atoms with Crippen molar-refractivity contribution in [1.29, 1.82) is 0 Å². The number of hydrogen-bond donors (Lipinski definition) is 5. The van der Waals surface area contributed by atoms with E-state index in [1.807, 2.05) is 11.9 Å². The summed E-state index contributed by atoms with van der Waals surface area (Å²) in [4.78, 5) is 27.2. The van der Waals surface area contributed by atoms with Crippen LogP contribution < -0.4 is 11.1 Å². The van der Waals surface area contributed by atoms with Crippen LogP contribution in [0.5, 0.6) is 0 Å². The Morgan fingerprint density at radius 2 is 1.97 bits per heavy atom. The fourth-order valence-corrected chi connectivity index (χ4v) is 5.46. The summed E-state index contributed by atoms with van der Waals surface area (Å²) >= 11 is 1.12. The molecule has 0 spiro atoms. The van der Waals surface area contributed by atoms with Gasteiger partial charge in [-0.3, -0.25) is 9.69 Å². The van der Waals surface area contributed by atoms with Crippen molar-refractivity contribution in [3.8, 4) is 0 Å². The zero-order chi connectivity index (χ0) is 26.4. The molecular weight excluding hydrogens is 490 g/mol. The minimum absolute atomic E-state index is 0.0103. The summed E-state index contributed by atoms with van der Waals surface area (Å²) in [5.74, 6) is -0.531. The molecule has 202 valence electrons. The molecule has 1 aromatic carbocycles. The number of methoxy groups -OCH3 is 1. The van der Waals surface area contributed by atoms with Crippen molar-refractivity contribution in [3.63, 3.8) is 0 Å². The third-order valence-corrected chi connectivity index (χ3v) is 7.87. The maximum absolute atomic E-state index is 13.0. The lowest BCUT2D eigenvalue weighted by atomic mass is 9.92. The predicted octanol–water partition coefficient (Wildman–Crippen LogP) is -0.420. The molecule has 3 rings (SSSR count). The molecule has 12 heteroatoms. The summed E-state index contributed by atoms with van der Waals surface area (Å²) in [6.45, 7) is 2.56. The lowest BCUT2D eigenvalue weighted by Gasteiger charge is -2.44. The Morgan fingerprint density at radius 1 is 1.25 bits per heavy atom. The first-order valence-corrected chi connectivity index (χ1v) is 13.1. The number of nitrogens with zero attached hydrogens (tertiary/aromatic N) is 1. The molecule has 0 bridgehead atoms. The third kappa shape index (κ3) is 6.68. The quantitative estimate of drug-likeness (QED) is 0.152. The van der Waals surface area contributed by atoms with Gasteiger partial charge in [0, 0.05) is 18.6 Å². The van der Waals surface area contributed by atoms with Gasteiger partial charge in [0.2, 0.25) is 5.91 Å². The maximum atomic E-state index is 13.0. The van der Waals surface area contributed by atoms with E-state index in [1.54, 1.807) is 31.2 Å². The number of likely N-dealkylation sites (tertiary alicyclic amines) is 1. The molecule has 0 aliphatic carbocycles. The van der Waals surface area contributed by atoms with Gasteiger partial charge in [-0.15, -0.1) is 11.8 Å². The molecule has 36 heavy (non-hydrogen) atoms.